The number of ether oxygens (including phenoxy) is 1. The van der Waals surface area contributed by atoms with Gasteiger partial charge in [-0.25, -0.2) is 0 Å². The van der Waals surface area contributed by atoms with Gasteiger partial charge >= 0.3 is 0 Å². The highest BCUT2D eigenvalue weighted by Gasteiger charge is 2.24. The highest BCUT2D eigenvalue weighted by molar-refractivity contribution is 7.99. The topological polar surface area (TPSA) is 21.6 Å². The van der Waals surface area contributed by atoms with Gasteiger partial charge in [0.1, 0.15) is 5.75 Å². The number of thiophene rings is 1. The lowest BCUT2D eigenvalue weighted by Gasteiger charge is -2.18. The van der Waals surface area contributed by atoms with Crippen LogP contribution in [0.15, 0.2) is 75.9 Å². The number of nitrogens with zero attached hydrogens (tertiary/aromatic N) is 1. The van der Waals surface area contributed by atoms with E-state index in [2.05, 4.69) is 53.9 Å². The summed E-state index contributed by atoms with van der Waals surface area (Å²) in [6, 6.07) is 20.9. The first-order chi connectivity index (χ1) is 11.8. The van der Waals surface area contributed by atoms with E-state index in [-0.39, 0.29) is 5.25 Å². The summed E-state index contributed by atoms with van der Waals surface area (Å²) in [5, 5.41) is 2.39. The van der Waals surface area contributed by atoms with Crippen molar-refractivity contribution in [3.8, 4) is 5.75 Å². The van der Waals surface area contributed by atoms with E-state index in [4.69, 9.17) is 9.73 Å². The van der Waals surface area contributed by atoms with Gasteiger partial charge in [0.25, 0.3) is 0 Å². The van der Waals surface area contributed by atoms with Crippen molar-refractivity contribution in [2.75, 3.05) is 7.11 Å². The second-order valence-electron chi connectivity index (χ2n) is 5.56. The van der Waals surface area contributed by atoms with Crippen molar-refractivity contribution in [2.45, 2.75) is 16.6 Å². The molecule has 3 aromatic rings. The van der Waals surface area contributed by atoms with Crippen molar-refractivity contribution in [3.63, 3.8) is 0 Å². The van der Waals surface area contributed by atoms with Crippen molar-refractivity contribution in [1.82, 2.24) is 0 Å². The molecule has 120 valence electrons. The Labute approximate surface area is 150 Å². The molecule has 4 heteroatoms. The van der Waals surface area contributed by atoms with Gasteiger partial charge in [-0.3, -0.25) is 4.99 Å². The van der Waals surface area contributed by atoms with E-state index in [9.17, 15) is 0 Å². The van der Waals surface area contributed by atoms with E-state index in [0.29, 0.717) is 0 Å². The van der Waals surface area contributed by atoms with Crippen LogP contribution < -0.4 is 4.74 Å². The number of para-hydroxylation sites is 2. The summed E-state index contributed by atoms with van der Waals surface area (Å²) in [6.45, 7) is 0. The Morgan fingerprint density at radius 1 is 1.00 bits per heavy atom. The first-order valence-electron chi connectivity index (χ1n) is 7.85. The van der Waals surface area contributed by atoms with E-state index >= 15 is 0 Å². The Morgan fingerprint density at radius 3 is 2.67 bits per heavy atom. The summed E-state index contributed by atoms with van der Waals surface area (Å²) < 4.78 is 5.60. The third-order valence-electron chi connectivity index (χ3n) is 4.06. The molecule has 0 radical (unpaired) electrons. The summed E-state index contributed by atoms with van der Waals surface area (Å²) >= 11 is 3.62. The lowest BCUT2D eigenvalue weighted by atomic mass is 10.0. The Hall–Kier alpha value is -2.04. The summed E-state index contributed by atoms with van der Waals surface area (Å²) in [5.74, 6) is 0.944. The summed E-state index contributed by atoms with van der Waals surface area (Å²) in [5.41, 5.74) is 3.44. The van der Waals surface area contributed by atoms with Gasteiger partial charge in [-0.15, -0.1) is 23.1 Å². The highest BCUT2D eigenvalue weighted by Crippen LogP contribution is 2.47. The smallest absolute Gasteiger partial charge is 0.123 e. The molecule has 0 fully saturated rings. The Morgan fingerprint density at radius 2 is 1.83 bits per heavy atom. The molecule has 1 aliphatic heterocycles. The summed E-state index contributed by atoms with van der Waals surface area (Å²) in [7, 11) is 1.74. The van der Waals surface area contributed by atoms with E-state index in [1.807, 2.05) is 23.9 Å². The van der Waals surface area contributed by atoms with Crippen molar-refractivity contribution in [1.29, 1.82) is 0 Å². The number of hydrogen-bond donors (Lipinski definition) is 0. The minimum absolute atomic E-state index is 0.283. The van der Waals surface area contributed by atoms with Gasteiger partial charge in [-0.2, -0.15) is 0 Å². The fourth-order valence-corrected chi connectivity index (χ4v) is 4.90. The van der Waals surface area contributed by atoms with Crippen molar-refractivity contribution in [2.24, 2.45) is 4.99 Å². The number of benzene rings is 2. The minimum atomic E-state index is 0.283. The number of hydrogen-bond acceptors (Lipinski definition) is 4. The van der Waals surface area contributed by atoms with Crippen LogP contribution in [0.3, 0.4) is 0 Å². The molecule has 0 N–H and O–H groups in total. The fourth-order valence-electron chi connectivity index (χ4n) is 2.92. The number of aliphatic imine (C=N–C) groups is 1. The molecule has 2 nitrogen and oxygen atoms in total. The molecule has 0 aliphatic carbocycles. The zero-order valence-electron chi connectivity index (χ0n) is 13.3. The van der Waals surface area contributed by atoms with Crippen LogP contribution in [-0.4, -0.2) is 12.8 Å². The van der Waals surface area contributed by atoms with Crippen LogP contribution in [0, 0.1) is 0 Å². The normalized spacial score (nSPS) is 16.9. The first-order valence-corrected chi connectivity index (χ1v) is 9.61. The number of methoxy groups -OCH3 is 1. The predicted molar refractivity (Wildman–Crippen MR) is 103 cm³/mol. The Balaban J connectivity index is 1.82. The zero-order chi connectivity index (χ0) is 16.4. The van der Waals surface area contributed by atoms with Crippen LogP contribution in [0.1, 0.15) is 22.1 Å². The Bertz CT molecular complexity index is 871. The second kappa shape index (κ2) is 6.83. The average Bonchev–Trinajstić information content (AvgIpc) is 3.09. The van der Waals surface area contributed by atoms with E-state index in [0.717, 1.165) is 23.6 Å². The molecular weight excluding hydrogens is 334 g/mol. The highest BCUT2D eigenvalue weighted by atomic mass is 32.2. The molecular formula is C20H17NOS2. The fraction of sp³-hybridized carbons (Fsp3) is 0.150. The lowest BCUT2D eigenvalue weighted by Crippen LogP contribution is -2.05. The van der Waals surface area contributed by atoms with E-state index in [1.165, 1.54) is 15.3 Å². The van der Waals surface area contributed by atoms with Crippen molar-refractivity contribution >= 4 is 34.5 Å². The largest absolute Gasteiger partial charge is 0.496 e. The lowest BCUT2D eigenvalue weighted by molar-refractivity contribution is 0.409. The van der Waals surface area contributed by atoms with Crippen LogP contribution >= 0.6 is 23.1 Å². The Kier molecular flexibility index (Phi) is 4.41. The van der Waals surface area contributed by atoms with Gasteiger partial charge in [-0.05, 0) is 29.6 Å². The monoisotopic (exact) mass is 351 g/mol. The van der Waals surface area contributed by atoms with Crippen molar-refractivity contribution < 1.29 is 4.74 Å². The van der Waals surface area contributed by atoms with Crippen LogP contribution in [0.5, 0.6) is 5.75 Å². The predicted octanol–water partition coefficient (Wildman–Crippen LogP) is 6.11. The summed E-state index contributed by atoms with van der Waals surface area (Å²) in [4.78, 5) is 7.44. The van der Waals surface area contributed by atoms with E-state index < -0.39 is 0 Å². The SMILES string of the molecule is COc1ccccc1[C@@H]1CC(c2cccs2)=Nc2ccccc2S1. The van der Waals surface area contributed by atoms with Crippen LogP contribution in [0.4, 0.5) is 5.69 Å². The molecule has 0 unspecified atom stereocenters. The minimum Gasteiger partial charge on any atom is -0.496 e. The molecule has 0 amide bonds. The molecule has 24 heavy (non-hydrogen) atoms. The second-order valence-corrected chi connectivity index (χ2v) is 7.75. The van der Waals surface area contributed by atoms with Gasteiger partial charge < -0.3 is 4.74 Å². The molecule has 4 rings (SSSR count). The van der Waals surface area contributed by atoms with Gasteiger partial charge in [0.15, 0.2) is 0 Å². The first kappa shape index (κ1) is 15.5. The van der Waals surface area contributed by atoms with Crippen LogP contribution in [0.2, 0.25) is 0 Å². The standard InChI is InChI=1S/C20H17NOS2/c1-22-17-9-4-2-7-14(17)20-13-16(18-11-6-12-23-18)21-15-8-3-5-10-19(15)24-20/h2-12,20H,13H2,1H3/t20-/m0/s1. The molecule has 0 bridgehead atoms. The number of thioether (sulfide) groups is 1. The molecule has 2 aromatic carbocycles. The van der Waals surface area contributed by atoms with E-state index in [1.54, 1.807) is 18.4 Å². The average molecular weight is 351 g/mol. The number of fused-ring (bicyclic) bond motifs is 1. The maximum atomic E-state index is 5.60. The third-order valence-corrected chi connectivity index (χ3v) is 6.28. The van der Waals surface area contributed by atoms with Gasteiger partial charge in [0.05, 0.1) is 18.5 Å². The van der Waals surface area contributed by atoms with Gasteiger partial charge in [-0.1, -0.05) is 36.4 Å². The molecule has 0 saturated heterocycles. The van der Waals surface area contributed by atoms with Crippen LogP contribution in [0.25, 0.3) is 0 Å². The molecule has 0 spiro atoms. The molecule has 0 saturated carbocycles. The zero-order valence-corrected chi connectivity index (χ0v) is 14.9. The molecule has 2 heterocycles. The maximum Gasteiger partial charge on any atom is 0.123 e. The van der Waals surface area contributed by atoms with Gasteiger partial charge in [0, 0.05) is 27.0 Å². The van der Waals surface area contributed by atoms with Crippen LogP contribution in [-0.2, 0) is 0 Å². The maximum absolute atomic E-state index is 5.60. The molecule has 1 aliphatic rings. The quantitative estimate of drug-likeness (QED) is 0.567. The molecule has 1 atom stereocenters. The molecule has 1 aromatic heterocycles. The summed E-state index contributed by atoms with van der Waals surface area (Å²) in [6.07, 6.45) is 0.889. The van der Waals surface area contributed by atoms with Crippen molar-refractivity contribution in [3.05, 3.63) is 76.5 Å². The number of rotatable bonds is 3. The van der Waals surface area contributed by atoms with Gasteiger partial charge in [0.2, 0.25) is 0 Å². The third kappa shape index (κ3) is 2.99.